The van der Waals surface area contributed by atoms with E-state index in [9.17, 15) is 35.1 Å². The van der Waals surface area contributed by atoms with E-state index in [1.807, 2.05) is 6.08 Å². The lowest BCUT2D eigenvalue weighted by Crippen LogP contribution is -2.60. The van der Waals surface area contributed by atoms with E-state index in [0.717, 1.165) is 83.5 Å². The van der Waals surface area contributed by atoms with Crippen LogP contribution in [-0.4, -0.2) is 100 Å². The Hall–Kier alpha value is -2.38. The lowest BCUT2D eigenvalue weighted by atomic mass is 9.99. The summed E-state index contributed by atoms with van der Waals surface area (Å²) in [6.45, 7) is 4.11. The highest BCUT2D eigenvalue weighted by Gasteiger charge is 2.44. The minimum atomic E-state index is -1.59. The number of unbranched alkanes of at least 4 members (excludes halogenated alkanes) is 19. The number of carbonyl (C=O) groups excluding carboxylic acids is 2. The van der Waals surface area contributed by atoms with Crippen LogP contribution in [-0.2, 0) is 23.8 Å². The summed E-state index contributed by atoms with van der Waals surface area (Å²) in [5, 5.41) is 54.0. The summed E-state index contributed by atoms with van der Waals surface area (Å²) in [6.07, 6.45) is 36.2. The van der Waals surface area contributed by atoms with Crippen LogP contribution in [0.4, 0.5) is 0 Å². The molecule has 1 rings (SSSR count). The summed E-state index contributed by atoms with van der Waals surface area (Å²) in [6, 6.07) is -0.848. The number of esters is 1. The molecule has 0 aromatic heterocycles. The van der Waals surface area contributed by atoms with Crippen molar-refractivity contribution in [3.05, 3.63) is 48.6 Å². The molecule has 0 aliphatic carbocycles. The van der Waals surface area contributed by atoms with E-state index >= 15 is 0 Å². The third-order valence-electron chi connectivity index (χ3n) is 10.9. The molecule has 348 valence electrons. The molecule has 1 fully saturated rings. The fourth-order valence-corrected chi connectivity index (χ4v) is 6.95. The van der Waals surface area contributed by atoms with Gasteiger partial charge in [-0.25, -0.2) is 0 Å². The number of aliphatic hydroxyl groups excluding tert-OH is 5. The molecule has 6 N–H and O–H groups in total. The number of allylic oxidation sites excluding steroid dienone is 7. The monoisotopic (exact) mass is 850 g/mol. The van der Waals surface area contributed by atoms with Crippen molar-refractivity contribution in [2.45, 2.75) is 230 Å². The van der Waals surface area contributed by atoms with Gasteiger partial charge in [-0.1, -0.05) is 133 Å². The zero-order valence-electron chi connectivity index (χ0n) is 37.7. The standard InChI is InChI=1S/C49H87NO10/c1-3-5-7-9-11-13-16-21-25-29-33-37-45(54)58-38-34-30-26-22-18-15-17-20-24-28-32-36-44(53)50-41(40-59-49-48(57)47(56)46(55)43(39-51)60-49)42(52)35-31-27-23-19-14-12-10-8-6-4-2/h9,11,14,18-19,22,31,35,41-43,46-49,51-52,55-57H,3-8,10,12-13,15-17,20-21,23-30,32-34,36-40H2,1-2H3,(H,50,53)/b11-9-,19-14+,22-18-,35-31+. The molecule has 1 aliphatic heterocycles. The Kier molecular flexibility index (Phi) is 36.6. The molecule has 7 atom stereocenters. The van der Waals surface area contributed by atoms with E-state index in [4.69, 9.17) is 14.2 Å². The molecule has 1 aliphatic rings. The molecule has 1 amide bonds. The van der Waals surface area contributed by atoms with Crippen molar-refractivity contribution in [2.75, 3.05) is 19.8 Å². The zero-order chi connectivity index (χ0) is 43.9. The Morgan fingerprint density at radius 1 is 0.600 bits per heavy atom. The Morgan fingerprint density at radius 2 is 1.10 bits per heavy atom. The number of rotatable bonds is 39. The van der Waals surface area contributed by atoms with Crippen LogP contribution in [0.5, 0.6) is 0 Å². The van der Waals surface area contributed by atoms with Crippen LogP contribution in [0.2, 0.25) is 0 Å². The quantitative estimate of drug-likeness (QED) is 0.0199. The molecule has 0 radical (unpaired) electrons. The van der Waals surface area contributed by atoms with Crippen LogP contribution in [0, 0.1) is 0 Å². The number of carbonyl (C=O) groups is 2. The van der Waals surface area contributed by atoms with E-state index in [1.165, 1.54) is 70.6 Å². The van der Waals surface area contributed by atoms with Gasteiger partial charge >= 0.3 is 5.97 Å². The Balaban J connectivity index is 2.25. The van der Waals surface area contributed by atoms with Gasteiger partial charge in [-0.2, -0.15) is 0 Å². The molecule has 0 spiro atoms. The molecule has 0 aromatic rings. The minimum Gasteiger partial charge on any atom is -0.466 e. The Morgan fingerprint density at radius 3 is 1.70 bits per heavy atom. The van der Waals surface area contributed by atoms with Crippen LogP contribution in [0.15, 0.2) is 48.6 Å². The molecule has 0 aromatic carbocycles. The van der Waals surface area contributed by atoms with E-state index in [0.29, 0.717) is 25.9 Å². The van der Waals surface area contributed by atoms with E-state index in [2.05, 4.69) is 55.6 Å². The molecule has 60 heavy (non-hydrogen) atoms. The van der Waals surface area contributed by atoms with Crippen molar-refractivity contribution in [3.63, 3.8) is 0 Å². The van der Waals surface area contributed by atoms with Gasteiger partial charge in [0, 0.05) is 12.8 Å². The average Bonchev–Trinajstić information content (AvgIpc) is 3.24. The predicted molar refractivity (Wildman–Crippen MR) is 241 cm³/mol. The van der Waals surface area contributed by atoms with Gasteiger partial charge in [0.2, 0.25) is 5.91 Å². The fourth-order valence-electron chi connectivity index (χ4n) is 6.95. The topological polar surface area (TPSA) is 175 Å². The first-order valence-corrected chi connectivity index (χ1v) is 23.9. The molecule has 11 nitrogen and oxygen atoms in total. The highest BCUT2D eigenvalue weighted by atomic mass is 16.7. The summed E-state index contributed by atoms with van der Waals surface area (Å²) in [4.78, 5) is 24.9. The maximum Gasteiger partial charge on any atom is 0.305 e. The number of amides is 1. The second kappa shape index (κ2) is 39.5. The van der Waals surface area contributed by atoms with Gasteiger partial charge in [-0.05, 0) is 89.9 Å². The molecular formula is C49H87NO10. The van der Waals surface area contributed by atoms with Crippen molar-refractivity contribution in [3.8, 4) is 0 Å². The number of ether oxygens (including phenoxy) is 3. The molecule has 1 saturated heterocycles. The second-order valence-electron chi connectivity index (χ2n) is 16.4. The van der Waals surface area contributed by atoms with Gasteiger partial charge in [-0.15, -0.1) is 0 Å². The number of hydrogen-bond donors (Lipinski definition) is 6. The molecule has 0 saturated carbocycles. The maximum absolute atomic E-state index is 12.9. The van der Waals surface area contributed by atoms with Gasteiger partial charge in [0.15, 0.2) is 6.29 Å². The summed E-state index contributed by atoms with van der Waals surface area (Å²) in [5.41, 5.74) is 0. The summed E-state index contributed by atoms with van der Waals surface area (Å²) in [7, 11) is 0. The SMILES string of the molecule is CCCC/C=C\CCCCCCCC(=O)OCCCC/C=C\CCCCCCCC(=O)NC(COC1OC(CO)C(O)C(O)C1O)C(O)/C=C/CC/C=C/CCCCCC. The number of hydrogen-bond acceptors (Lipinski definition) is 10. The van der Waals surface area contributed by atoms with Gasteiger partial charge in [0.05, 0.1) is 32.0 Å². The Bertz CT molecular complexity index is 1140. The van der Waals surface area contributed by atoms with Gasteiger partial charge < -0.3 is 45.1 Å². The van der Waals surface area contributed by atoms with Gasteiger partial charge in [0.25, 0.3) is 0 Å². The zero-order valence-corrected chi connectivity index (χ0v) is 37.7. The lowest BCUT2D eigenvalue weighted by molar-refractivity contribution is -0.302. The molecule has 11 heteroatoms. The first-order valence-electron chi connectivity index (χ1n) is 23.9. The summed E-state index contributed by atoms with van der Waals surface area (Å²) in [5.74, 6) is -0.297. The van der Waals surface area contributed by atoms with Crippen LogP contribution in [0.25, 0.3) is 0 Å². The van der Waals surface area contributed by atoms with Crippen molar-refractivity contribution in [2.24, 2.45) is 0 Å². The van der Waals surface area contributed by atoms with Crippen LogP contribution < -0.4 is 5.32 Å². The smallest absolute Gasteiger partial charge is 0.305 e. The Labute approximate surface area is 364 Å². The van der Waals surface area contributed by atoms with E-state index in [1.54, 1.807) is 6.08 Å². The third kappa shape index (κ3) is 29.8. The van der Waals surface area contributed by atoms with Crippen molar-refractivity contribution < 1.29 is 49.3 Å². The van der Waals surface area contributed by atoms with Crippen molar-refractivity contribution >= 4 is 11.9 Å². The maximum atomic E-state index is 12.9. The first-order chi connectivity index (χ1) is 29.2. The van der Waals surface area contributed by atoms with Gasteiger partial charge in [0.1, 0.15) is 24.4 Å². The van der Waals surface area contributed by atoms with Crippen LogP contribution in [0.1, 0.15) is 187 Å². The lowest BCUT2D eigenvalue weighted by Gasteiger charge is -2.40. The van der Waals surface area contributed by atoms with E-state index in [-0.39, 0.29) is 18.5 Å². The normalized spacial score (nSPS) is 20.8. The fraction of sp³-hybridized carbons (Fsp3) is 0.796. The summed E-state index contributed by atoms with van der Waals surface area (Å²) < 4.78 is 16.6. The first kappa shape index (κ1) is 55.6. The molecular weight excluding hydrogens is 763 g/mol. The minimum absolute atomic E-state index is 0.0711. The molecule has 1 heterocycles. The number of aliphatic hydroxyl groups is 5. The second-order valence-corrected chi connectivity index (χ2v) is 16.4. The van der Waals surface area contributed by atoms with Crippen molar-refractivity contribution in [1.29, 1.82) is 0 Å². The summed E-state index contributed by atoms with van der Waals surface area (Å²) >= 11 is 0. The highest BCUT2D eigenvalue weighted by Crippen LogP contribution is 2.22. The molecule has 7 unspecified atom stereocenters. The van der Waals surface area contributed by atoms with Crippen LogP contribution in [0.3, 0.4) is 0 Å². The third-order valence-corrected chi connectivity index (χ3v) is 10.9. The molecule has 0 bridgehead atoms. The van der Waals surface area contributed by atoms with E-state index < -0.39 is 49.5 Å². The van der Waals surface area contributed by atoms with Crippen molar-refractivity contribution in [1.82, 2.24) is 5.32 Å². The number of nitrogens with one attached hydrogen (secondary N) is 1. The predicted octanol–water partition coefficient (Wildman–Crippen LogP) is 8.99. The van der Waals surface area contributed by atoms with Gasteiger partial charge in [-0.3, -0.25) is 9.59 Å². The van der Waals surface area contributed by atoms with Crippen LogP contribution >= 0.6 is 0 Å². The largest absolute Gasteiger partial charge is 0.466 e. The average molecular weight is 850 g/mol. The highest BCUT2D eigenvalue weighted by molar-refractivity contribution is 5.76.